The van der Waals surface area contributed by atoms with E-state index in [9.17, 15) is 8.42 Å². The van der Waals surface area contributed by atoms with Crippen LogP contribution in [0, 0.1) is 0 Å². The van der Waals surface area contributed by atoms with Crippen molar-refractivity contribution in [2.24, 2.45) is 0 Å². The van der Waals surface area contributed by atoms with Crippen molar-refractivity contribution in [3.63, 3.8) is 0 Å². The summed E-state index contributed by atoms with van der Waals surface area (Å²) in [7, 11) is 0.264. The quantitative estimate of drug-likeness (QED) is 0.623. The number of aromatic nitrogens is 1. The van der Waals surface area contributed by atoms with Gasteiger partial charge in [0.05, 0.1) is 0 Å². The number of nitrogens with zero attached hydrogens (tertiary/aromatic N) is 2. The van der Waals surface area contributed by atoms with E-state index < -0.39 is 10.0 Å². The molecule has 0 spiro atoms. The molecule has 18 heavy (non-hydrogen) atoms. The van der Waals surface area contributed by atoms with Crippen molar-refractivity contribution in [3.05, 3.63) is 21.9 Å². The second kappa shape index (κ2) is 6.81. The summed E-state index contributed by atoms with van der Waals surface area (Å²) < 4.78 is 27.0. The molecule has 0 unspecified atom stereocenters. The molecule has 0 aliphatic rings. The fraction of sp³-hybridized carbons (Fsp3) is 0.500. The average molecular weight is 357 g/mol. The second-order valence-electron chi connectivity index (χ2n) is 4.00. The highest BCUT2D eigenvalue weighted by Gasteiger charge is 2.18. The van der Waals surface area contributed by atoms with Gasteiger partial charge in [-0.3, -0.25) is 0 Å². The van der Waals surface area contributed by atoms with E-state index >= 15 is 0 Å². The molecule has 0 fully saturated rings. The molecule has 0 saturated carbocycles. The van der Waals surface area contributed by atoms with Gasteiger partial charge in [0.15, 0.2) is 0 Å². The molecule has 0 aliphatic carbocycles. The lowest BCUT2D eigenvalue weighted by atomic mass is 10.4. The maximum Gasteiger partial charge on any atom is 0.243 e. The number of hydrogen-bond donors (Lipinski definition) is 1. The molecule has 0 atom stereocenters. The van der Waals surface area contributed by atoms with Crippen LogP contribution < -0.4 is 4.72 Å². The maximum absolute atomic E-state index is 12.0. The molecule has 1 aromatic rings. The largest absolute Gasteiger partial charge is 0.309 e. The lowest BCUT2D eigenvalue weighted by Crippen LogP contribution is -2.27. The van der Waals surface area contributed by atoms with Gasteiger partial charge < -0.3 is 4.90 Å². The minimum absolute atomic E-state index is 0.0107. The van der Waals surface area contributed by atoms with Crippen molar-refractivity contribution in [2.75, 3.05) is 27.2 Å². The number of rotatable bonds is 6. The molecule has 102 valence electrons. The fourth-order valence-corrected chi connectivity index (χ4v) is 3.29. The molecule has 0 radical (unpaired) electrons. The topological polar surface area (TPSA) is 62.3 Å². The Morgan fingerprint density at radius 2 is 2.17 bits per heavy atom. The van der Waals surface area contributed by atoms with E-state index in [1.807, 2.05) is 19.0 Å². The van der Waals surface area contributed by atoms with Crippen LogP contribution in [-0.2, 0) is 10.0 Å². The normalized spacial score (nSPS) is 12.1. The van der Waals surface area contributed by atoms with Crippen LogP contribution in [0.5, 0.6) is 0 Å². The van der Waals surface area contributed by atoms with Gasteiger partial charge in [0.25, 0.3) is 0 Å². The third-order valence-corrected chi connectivity index (χ3v) is 4.46. The smallest absolute Gasteiger partial charge is 0.243 e. The van der Waals surface area contributed by atoms with Gasteiger partial charge in [-0.05, 0) is 49.1 Å². The average Bonchev–Trinajstić information content (AvgIpc) is 2.27. The van der Waals surface area contributed by atoms with Crippen LogP contribution >= 0.6 is 27.5 Å². The van der Waals surface area contributed by atoms with Gasteiger partial charge in [-0.25, -0.2) is 18.1 Å². The molecular formula is C10H15BrClN3O2S. The standard InChI is InChI=1S/C10H15BrClN3O2S/c1-15(2)5-3-4-14-18(16,17)9-6-8(11)7-13-10(9)12/h6-7,14H,3-5H2,1-2H3. The van der Waals surface area contributed by atoms with Crippen LogP contribution in [-0.4, -0.2) is 45.5 Å². The van der Waals surface area contributed by atoms with Crippen LogP contribution in [0.2, 0.25) is 5.15 Å². The molecular weight excluding hydrogens is 342 g/mol. The van der Waals surface area contributed by atoms with E-state index in [1.54, 1.807) is 0 Å². The first kappa shape index (κ1) is 15.8. The van der Waals surface area contributed by atoms with Gasteiger partial charge in [0.1, 0.15) is 10.0 Å². The molecule has 1 rings (SSSR count). The van der Waals surface area contributed by atoms with Gasteiger partial charge in [-0.2, -0.15) is 0 Å². The summed E-state index contributed by atoms with van der Waals surface area (Å²) in [6.07, 6.45) is 2.18. The van der Waals surface area contributed by atoms with Crippen molar-refractivity contribution in [2.45, 2.75) is 11.3 Å². The number of hydrogen-bond acceptors (Lipinski definition) is 4. The van der Waals surface area contributed by atoms with Gasteiger partial charge >= 0.3 is 0 Å². The van der Waals surface area contributed by atoms with Crippen LogP contribution in [0.25, 0.3) is 0 Å². The molecule has 0 bridgehead atoms. The summed E-state index contributed by atoms with van der Waals surface area (Å²) in [4.78, 5) is 5.77. The molecule has 1 N–H and O–H groups in total. The van der Waals surface area contributed by atoms with Gasteiger partial charge in [-0.1, -0.05) is 11.6 Å². The van der Waals surface area contributed by atoms with Gasteiger partial charge in [-0.15, -0.1) is 0 Å². The molecule has 0 amide bonds. The Morgan fingerprint density at radius 1 is 1.50 bits per heavy atom. The van der Waals surface area contributed by atoms with E-state index in [4.69, 9.17) is 11.6 Å². The van der Waals surface area contributed by atoms with E-state index in [1.165, 1.54) is 12.3 Å². The van der Waals surface area contributed by atoms with Crippen LogP contribution in [0.15, 0.2) is 21.6 Å². The van der Waals surface area contributed by atoms with Gasteiger partial charge in [0, 0.05) is 17.2 Å². The molecule has 1 aromatic heterocycles. The molecule has 8 heteroatoms. The summed E-state index contributed by atoms with van der Waals surface area (Å²) in [5.74, 6) is 0. The minimum atomic E-state index is -3.60. The highest BCUT2D eigenvalue weighted by molar-refractivity contribution is 9.10. The summed E-state index contributed by atoms with van der Waals surface area (Å²) in [5.41, 5.74) is 0. The highest BCUT2D eigenvalue weighted by Crippen LogP contribution is 2.22. The Hall–Kier alpha value is -0.210. The SMILES string of the molecule is CN(C)CCCNS(=O)(=O)c1cc(Br)cnc1Cl. The van der Waals surface area contributed by atoms with E-state index in [-0.39, 0.29) is 10.0 Å². The van der Waals surface area contributed by atoms with Gasteiger partial charge in [0.2, 0.25) is 10.0 Å². The first-order valence-corrected chi connectivity index (χ1v) is 7.94. The van der Waals surface area contributed by atoms with Crippen molar-refractivity contribution in [1.82, 2.24) is 14.6 Å². The summed E-state index contributed by atoms with van der Waals surface area (Å²) >= 11 is 8.95. The Morgan fingerprint density at radius 3 is 2.78 bits per heavy atom. The Labute approximate surface area is 121 Å². The summed E-state index contributed by atoms with van der Waals surface area (Å²) in [6, 6.07) is 1.43. The summed E-state index contributed by atoms with van der Waals surface area (Å²) in [6.45, 7) is 1.18. The predicted molar refractivity (Wildman–Crippen MR) is 75.3 cm³/mol. The van der Waals surface area contributed by atoms with Crippen LogP contribution in [0.3, 0.4) is 0 Å². The molecule has 1 heterocycles. The van der Waals surface area contributed by atoms with Crippen LogP contribution in [0.1, 0.15) is 6.42 Å². The molecule has 5 nitrogen and oxygen atoms in total. The van der Waals surface area contributed by atoms with E-state index in [0.717, 1.165) is 13.0 Å². The zero-order chi connectivity index (χ0) is 13.8. The van der Waals surface area contributed by atoms with Crippen molar-refractivity contribution < 1.29 is 8.42 Å². The van der Waals surface area contributed by atoms with E-state index in [2.05, 4.69) is 25.6 Å². The number of sulfonamides is 1. The Balaban J connectivity index is 2.71. The number of halogens is 2. The highest BCUT2D eigenvalue weighted by atomic mass is 79.9. The lowest BCUT2D eigenvalue weighted by Gasteiger charge is -2.11. The lowest BCUT2D eigenvalue weighted by molar-refractivity contribution is 0.400. The van der Waals surface area contributed by atoms with Crippen molar-refractivity contribution >= 4 is 37.6 Å². The summed E-state index contributed by atoms with van der Waals surface area (Å²) in [5, 5.41) is -0.0293. The minimum Gasteiger partial charge on any atom is -0.309 e. The monoisotopic (exact) mass is 355 g/mol. The van der Waals surface area contributed by atoms with Crippen molar-refractivity contribution in [1.29, 1.82) is 0 Å². The third kappa shape index (κ3) is 4.81. The second-order valence-corrected chi connectivity index (χ2v) is 7.01. The molecule has 0 aromatic carbocycles. The molecule has 0 aliphatic heterocycles. The Bertz CT molecular complexity index is 508. The first-order valence-electron chi connectivity index (χ1n) is 5.28. The van der Waals surface area contributed by atoms with Crippen LogP contribution in [0.4, 0.5) is 0 Å². The first-order chi connectivity index (χ1) is 8.33. The molecule has 0 saturated heterocycles. The number of nitrogens with one attached hydrogen (secondary N) is 1. The zero-order valence-electron chi connectivity index (χ0n) is 10.2. The fourth-order valence-electron chi connectivity index (χ4n) is 1.27. The maximum atomic E-state index is 12.0. The number of pyridine rings is 1. The van der Waals surface area contributed by atoms with E-state index in [0.29, 0.717) is 11.0 Å². The zero-order valence-corrected chi connectivity index (χ0v) is 13.3. The predicted octanol–water partition coefficient (Wildman–Crippen LogP) is 1.73. The third-order valence-electron chi connectivity index (χ3n) is 2.14. The Kier molecular flexibility index (Phi) is 6.00. The van der Waals surface area contributed by atoms with Crippen molar-refractivity contribution in [3.8, 4) is 0 Å².